The van der Waals surface area contributed by atoms with Crippen LogP contribution in [0.5, 0.6) is 0 Å². The van der Waals surface area contributed by atoms with Crippen molar-refractivity contribution >= 4 is 0 Å². The molecule has 2 nitrogen and oxygen atoms in total. The molecule has 6 heteroatoms. The number of alkyl halides is 3. The molecule has 0 aromatic heterocycles. The van der Waals surface area contributed by atoms with Gasteiger partial charge in [0.2, 0.25) is 0 Å². The number of ether oxygens (including phenoxy) is 1. The van der Waals surface area contributed by atoms with E-state index in [1.165, 1.54) is 18.2 Å². The predicted molar refractivity (Wildman–Crippen MR) is 62.7 cm³/mol. The van der Waals surface area contributed by atoms with Crippen LogP contribution in [0.1, 0.15) is 17.5 Å². The van der Waals surface area contributed by atoms with Crippen LogP contribution in [0.4, 0.5) is 17.6 Å². The zero-order chi connectivity index (χ0) is 14.3. The summed E-state index contributed by atoms with van der Waals surface area (Å²) in [5.74, 6) is 4.74. The lowest BCUT2D eigenvalue weighted by Gasteiger charge is -2.08. The fourth-order valence-corrected chi connectivity index (χ4v) is 1.31. The van der Waals surface area contributed by atoms with Crippen LogP contribution in [0.2, 0.25) is 0 Å². The van der Waals surface area contributed by atoms with Crippen LogP contribution in [-0.4, -0.2) is 19.3 Å². The monoisotopic (exact) mass is 275 g/mol. The van der Waals surface area contributed by atoms with Crippen molar-refractivity contribution in [2.24, 2.45) is 5.73 Å². The smallest absolute Gasteiger partial charge is 0.376 e. The lowest BCUT2D eigenvalue weighted by molar-refractivity contribution is -0.146. The molecule has 0 aliphatic rings. The molecule has 0 aliphatic carbocycles. The Kier molecular flexibility index (Phi) is 5.80. The number of halogens is 4. The first-order chi connectivity index (χ1) is 8.92. The van der Waals surface area contributed by atoms with Gasteiger partial charge in [-0.25, -0.2) is 4.39 Å². The van der Waals surface area contributed by atoms with E-state index in [1.807, 2.05) is 0 Å². The van der Waals surface area contributed by atoms with E-state index in [2.05, 4.69) is 11.8 Å². The average molecular weight is 275 g/mol. The summed E-state index contributed by atoms with van der Waals surface area (Å²) in [5.41, 5.74) is 6.12. The minimum atomic E-state index is -4.25. The second kappa shape index (κ2) is 7.12. The molecule has 0 unspecified atom stereocenters. The lowest BCUT2D eigenvalue weighted by atomic mass is 10.1. The molecule has 0 fully saturated rings. The van der Waals surface area contributed by atoms with Crippen molar-refractivity contribution in [2.45, 2.75) is 19.2 Å². The van der Waals surface area contributed by atoms with Gasteiger partial charge in [-0.3, -0.25) is 0 Å². The number of hydrogen-bond donors (Lipinski definition) is 1. The third kappa shape index (κ3) is 6.22. The number of rotatable bonds is 4. The summed E-state index contributed by atoms with van der Waals surface area (Å²) in [6.07, 6.45) is -5.26. The Hall–Kier alpha value is -1.58. The Morgan fingerprint density at radius 1 is 1.26 bits per heavy atom. The molecule has 0 bridgehead atoms. The molecule has 104 valence electrons. The van der Waals surface area contributed by atoms with E-state index in [0.717, 1.165) is 0 Å². The van der Waals surface area contributed by atoms with Crippen molar-refractivity contribution < 1.29 is 22.3 Å². The van der Waals surface area contributed by atoms with Crippen LogP contribution < -0.4 is 5.73 Å². The summed E-state index contributed by atoms with van der Waals surface area (Å²) >= 11 is 0. The second-order valence-corrected chi connectivity index (χ2v) is 3.73. The third-order valence-electron chi connectivity index (χ3n) is 2.18. The van der Waals surface area contributed by atoms with E-state index in [4.69, 9.17) is 10.5 Å². The molecule has 0 heterocycles. The Morgan fingerprint density at radius 2 is 2.00 bits per heavy atom. The van der Waals surface area contributed by atoms with Crippen molar-refractivity contribution in [1.82, 2.24) is 0 Å². The van der Waals surface area contributed by atoms with Gasteiger partial charge in [0.25, 0.3) is 0 Å². The summed E-state index contributed by atoms with van der Waals surface area (Å²) < 4.78 is 53.7. The van der Waals surface area contributed by atoms with E-state index in [-0.39, 0.29) is 13.2 Å². The summed E-state index contributed by atoms with van der Waals surface area (Å²) in [4.78, 5) is 0. The fourth-order valence-electron chi connectivity index (χ4n) is 1.31. The molecule has 1 aromatic rings. The average Bonchev–Trinajstić information content (AvgIpc) is 2.32. The predicted octanol–water partition coefficient (Wildman–Crippen LogP) is 2.60. The van der Waals surface area contributed by atoms with Crippen molar-refractivity contribution in [2.75, 3.05) is 13.2 Å². The molecule has 0 radical (unpaired) electrons. The molecule has 0 saturated carbocycles. The first kappa shape index (κ1) is 15.5. The SMILES string of the molecule is NCC#Cc1cc(F)ccc1COCCC(F)(F)F. The Labute approximate surface area is 108 Å². The van der Waals surface area contributed by atoms with Crippen molar-refractivity contribution in [3.8, 4) is 11.8 Å². The highest BCUT2D eigenvalue weighted by molar-refractivity contribution is 5.41. The normalized spacial score (nSPS) is 11.0. The van der Waals surface area contributed by atoms with E-state index in [1.54, 1.807) is 0 Å². The van der Waals surface area contributed by atoms with E-state index >= 15 is 0 Å². The van der Waals surface area contributed by atoms with Crippen LogP contribution in [0.15, 0.2) is 18.2 Å². The summed E-state index contributed by atoms with van der Waals surface area (Å²) in [6, 6.07) is 3.84. The molecular formula is C13H13F4NO. The zero-order valence-corrected chi connectivity index (χ0v) is 10.1. The Bertz CT molecular complexity index is 474. The number of hydrogen-bond acceptors (Lipinski definition) is 2. The maximum atomic E-state index is 13.0. The van der Waals surface area contributed by atoms with Gasteiger partial charge in [0.15, 0.2) is 0 Å². The van der Waals surface area contributed by atoms with Gasteiger partial charge in [-0.2, -0.15) is 13.2 Å². The molecule has 0 atom stereocenters. The summed E-state index contributed by atoms with van der Waals surface area (Å²) in [6.45, 7) is -0.375. The van der Waals surface area contributed by atoms with Gasteiger partial charge < -0.3 is 10.5 Å². The van der Waals surface area contributed by atoms with E-state index in [0.29, 0.717) is 11.1 Å². The molecule has 1 aromatic carbocycles. The maximum Gasteiger partial charge on any atom is 0.391 e. The van der Waals surface area contributed by atoms with Gasteiger partial charge in [0.1, 0.15) is 5.82 Å². The summed E-state index contributed by atoms with van der Waals surface area (Å²) in [5, 5.41) is 0. The molecule has 0 amide bonds. The van der Waals surface area contributed by atoms with E-state index < -0.39 is 25.0 Å². The highest BCUT2D eigenvalue weighted by Gasteiger charge is 2.26. The minimum Gasteiger partial charge on any atom is -0.376 e. The first-order valence-electron chi connectivity index (χ1n) is 5.54. The largest absolute Gasteiger partial charge is 0.391 e. The molecule has 2 N–H and O–H groups in total. The van der Waals surface area contributed by atoms with Gasteiger partial charge in [0.05, 0.1) is 26.2 Å². The topological polar surface area (TPSA) is 35.2 Å². The number of benzene rings is 1. The van der Waals surface area contributed by atoms with Gasteiger partial charge in [0, 0.05) is 5.56 Å². The van der Waals surface area contributed by atoms with Gasteiger partial charge in [-0.1, -0.05) is 17.9 Å². The van der Waals surface area contributed by atoms with Gasteiger partial charge >= 0.3 is 6.18 Å². The first-order valence-corrected chi connectivity index (χ1v) is 5.54. The maximum absolute atomic E-state index is 13.0. The van der Waals surface area contributed by atoms with E-state index in [9.17, 15) is 17.6 Å². The van der Waals surface area contributed by atoms with Crippen LogP contribution in [0, 0.1) is 17.7 Å². The second-order valence-electron chi connectivity index (χ2n) is 3.73. The quantitative estimate of drug-likeness (QED) is 0.521. The van der Waals surface area contributed by atoms with Crippen LogP contribution in [0.3, 0.4) is 0 Å². The van der Waals surface area contributed by atoms with Crippen molar-refractivity contribution in [3.05, 3.63) is 35.1 Å². The van der Waals surface area contributed by atoms with Gasteiger partial charge in [-0.15, -0.1) is 0 Å². The lowest BCUT2D eigenvalue weighted by Crippen LogP contribution is -2.11. The fraction of sp³-hybridized carbons (Fsp3) is 0.385. The van der Waals surface area contributed by atoms with Crippen molar-refractivity contribution in [1.29, 1.82) is 0 Å². The molecule has 0 spiro atoms. The summed E-state index contributed by atoms with van der Waals surface area (Å²) in [7, 11) is 0. The highest BCUT2D eigenvalue weighted by Crippen LogP contribution is 2.19. The highest BCUT2D eigenvalue weighted by atomic mass is 19.4. The minimum absolute atomic E-state index is 0.0507. The standard InChI is InChI=1S/C13H13F4NO/c14-12-4-3-11(10(8-12)2-1-6-18)9-19-7-5-13(15,16)17/h3-4,8H,5-7,9,18H2. The molecule has 1 rings (SSSR count). The molecular weight excluding hydrogens is 262 g/mol. The third-order valence-corrected chi connectivity index (χ3v) is 2.18. The van der Waals surface area contributed by atoms with Crippen LogP contribution >= 0.6 is 0 Å². The molecule has 0 aliphatic heterocycles. The number of nitrogens with two attached hydrogens (primary N) is 1. The van der Waals surface area contributed by atoms with Crippen LogP contribution in [-0.2, 0) is 11.3 Å². The Morgan fingerprint density at radius 3 is 2.63 bits per heavy atom. The van der Waals surface area contributed by atoms with Crippen LogP contribution in [0.25, 0.3) is 0 Å². The van der Waals surface area contributed by atoms with Crippen molar-refractivity contribution in [3.63, 3.8) is 0 Å². The molecule has 19 heavy (non-hydrogen) atoms. The Balaban J connectivity index is 2.62. The zero-order valence-electron chi connectivity index (χ0n) is 10.1. The van der Waals surface area contributed by atoms with Gasteiger partial charge in [-0.05, 0) is 17.7 Å². The molecule has 0 saturated heterocycles.